The molecule has 0 saturated carbocycles. The first-order valence-corrected chi connectivity index (χ1v) is 6.23. The lowest BCUT2D eigenvalue weighted by Crippen LogP contribution is -2.29. The molecule has 0 aromatic rings. The lowest BCUT2D eigenvalue weighted by atomic mass is 10.1. The third kappa shape index (κ3) is 3.97. The van der Waals surface area contributed by atoms with Crippen LogP contribution in [-0.4, -0.2) is 35.7 Å². The number of aliphatic hydroxyl groups is 1. The molecule has 1 saturated heterocycles. The van der Waals surface area contributed by atoms with Gasteiger partial charge in [0.15, 0.2) is 0 Å². The van der Waals surface area contributed by atoms with E-state index in [1.54, 1.807) is 0 Å². The largest absolute Gasteiger partial charge is 0.396 e. The molecule has 1 rings (SSSR count). The maximum Gasteiger partial charge on any atom is 0.0431 e. The van der Waals surface area contributed by atoms with Crippen molar-refractivity contribution in [2.24, 2.45) is 0 Å². The first kappa shape index (κ1) is 12.0. The van der Waals surface area contributed by atoms with E-state index < -0.39 is 0 Å². The van der Waals surface area contributed by atoms with Gasteiger partial charge in [-0.15, -0.1) is 0 Å². The monoisotopic (exact) mass is 199 g/mol. The second-order valence-electron chi connectivity index (χ2n) is 4.38. The molecule has 0 radical (unpaired) electrons. The van der Waals surface area contributed by atoms with E-state index >= 15 is 0 Å². The van der Waals surface area contributed by atoms with Crippen molar-refractivity contribution in [3.05, 3.63) is 0 Å². The highest BCUT2D eigenvalue weighted by molar-refractivity contribution is 4.77. The quantitative estimate of drug-likeness (QED) is 0.636. The summed E-state index contributed by atoms with van der Waals surface area (Å²) in [5.74, 6) is 0. The van der Waals surface area contributed by atoms with Crippen LogP contribution in [0.1, 0.15) is 51.9 Å². The average Bonchev–Trinajstić information content (AvgIpc) is 2.65. The van der Waals surface area contributed by atoms with E-state index in [0.29, 0.717) is 6.61 Å². The SMILES string of the molecule is CCC1CCCN1CCCCCCO. The summed E-state index contributed by atoms with van der Waals surface area (Å²) in [4.78, 5) is 2.65. The Morgan fingerprint density at radius 3 is 2.71 bits per heavy atom. The molecule has 0 aromatic heterocycles. The minimum absolute atomic E-state index is 0.362. The van der Waals surface area contributed by atoms with Crippen molar-refractivity contribution in [1.82, 2.24) is 4.90 Å². The molecule has 0 bridgehead atoms. The summed E-state index contributed by atoms with van der Waals surface area (Å²) < 4.78 is 0. The van der Waals surface area contributed by atoms with Crippen LogP contribution < -0.4 is 0 Å². The molecule has 1 aliphatic heterocycles. The Bertz CT molecular complexity index is 138. The van der Waals surface area contributed by atoms with Crippen molar-refractivity contribution in [2.45, 2.75) is 57.9 Å². The van der Waals surface area contributed by atoms with Gasteiger partial charge in [-0.2, -0.15) is 0 Å². The zero-order valence-corrected chi connectivity index (χ0v) is 9.54. The predicted molar refractivity (Wildman–Crippen MR) is 60.4 cm³/mol. The van der Waals surface area contributed by atoms with Gasteiger partial charge in [0, 0.05) is 12.6 Å². The second kappa shape index (κ2) is 7.24. The first-order chi connectivity index (χ1) is 6.88. The lowest BCUT2D eigenvalue weighted by Gasteiger charge is -2.22. The molecule has 0 amide bonds. The smallest absolute Gasteiger partial charge is 0.0431 e. The van der Waals surface area contributed by atoms with Gasteiger partial charge in [-0.05, 0) is 45.2 Å². The van der Waals surface area contributed by atoms with Crippen molar-refractivity contribution >= 4 is 0 Å². The summed E-state index contributed by atoms with van der Waals surface area (Å²) >= 11 is 0. The highest BCUT2D eigenvalue weighted by Gasteiger charge is 2.21. The van der Waals surface area contributed by atoms with Gasteiger partial charge in [-0.3, -0.25) is 0 Å². The van der Waals surface area contributed by atoms with Crippen LogP contribution in [0.15, 0.2) is 0 Å². The van der Waals surface area contributed by atoms with Gasteiger partial charge in [0.1, 0.15) is 0 Å². The van der Waals surface area contributed by atoms with Crippen molar-refractivity contribution in [2.75, 3.05) is 19.7 Å². The highest BCUT2D eigenvalue weighted by Crippen LogP contribution is 2.20. The topological polar surface area (TPSA) is 23.5 Å². The van der Waals surface area contributed by atoms with Crippen LogP contribution in [0.3, 0.4) is 0 Å². The molecular weight excluding hydrogens is 174 g/mol. The Morgan fingerprint density at radius 2 is 2.00 bits per heavy atom. The molecule has 14 heavy (non-hydrogen) atoms. The second-order valence-corrected chi connectivity index (χ2v) is 4.38. The van der Waals surface area contributed by atoms with Crippen molar-refractivity contribution in [3.8, 4) is 0 Å². The van der Waals surface area contributed by atoms with E-state index in [9.17, 15) is 0 Å². The maximum atomic E-state index is 8.65. The molecule has 0 spiro atoms. The van der Waals surface area contributed by atoms with Crippen LogP contribution in [0.2, 0.25) is 0 Å². The van der Waals surface area contributed by atoms with Gasteiger partial charge >= 0.3 is 0 Å². The fourth-order valence-corrected chi connectivity index (χ4v) is 2.43. The zero-order valence-electron chi connectivity index (χ0n) is 9.54. The Labute approximate surface area is 88.3 Å². The Balaban J connectivity index is 2.00. The summed E-state index contributed by atoms with van der Waals surface area (Å²) in [7, 11) is 0. The number of hydrogen-bond acceptors (Lipinski definition) is 2. The maximum absolute atomic E-state index is 8.65. The minimum Gasteiger partial charge on any atom is -0.396 e. The first-order valence-electron chi connectivity index (χ1n) is 6.23. The molecular formula is C12H25NO. The van der Waals surface area contributed by atoms with E-state index in [-0.39, 0.29) is 0 Å². The lowest BCUT2D eigenvalue weighted by molar-refractivity contribution is 0.239. The number of unbranched alkanes of at least 4 members (excludes halogenated alkanes) is 3. The van der Waals surface area contributed by atoms with Crippen LogP contribution in [0.4, 0.5) is 0 Å². The van der Waals surface area contributed by atoms with Crippen LogP contribution in [0, 0.1) is 0 Å². The molecule has 1 aliphatic rings. The van der Waals surface area contributed by atoms with Crippen molar-refractivity contribution in [1.29, 1.82) is 0 Å². The molecule has 2 nitrogen and oxygen atoms in total. The third-order valence-corrected chi connectivity index (χ3v) is 3.32. The molecule has 0 aromatic carbocycles. The normalized spacial score (nSPS) is 23.1. The molecule has 1 atom stereocenters. The van der Waals surface area contributed by atoms with Gasteiger partial charge in [0.2, 0.25) is 0 Å². The summed E-state index contributed by atoms with van der Waals surface area (Å²) in [6.07, 6.45) is 8.90. The van der Waals surface area contributed by atoms with Crippen molar-refractivity contribution in [3.63, 3.8) is 0 Å². The predicted octanol–water partition coefficient (Wildman–Crippen LogP) is 2.41. The van der Waals surface area contributed by atoms with Crippen LogP contribution in [0.25, 0.3) is 0 Å². The van der Waals surface area contributed by atoms with E-state index in [2.05, 4.69) is 11.8 Å². The van der Waals surface area contributed by atoms with Gasteiger partial charge in [-0.25, -0.2) is 0 Å². The number of likely N-dealkylation sites (tertiary alicyclic amines) is 1. The molecule has 1 N–H and O–H groups in total. The number of nitrogens with zero attached hydrogens (tertiary/aromatic N) is 1. The Morgan fingerprint density at radius 1 is 1.21 bits per heavy atom. The van der Waals surface area contributed by atoms with E-state index in [1.807, 2.05) is 0 Å². The van der Waals surface area contributed by atoms with Gasteiger partial charge in [0.05, 0.1) is 0 Å². The summed E-state index contributed by atoms with van der Waals surface area (Å²) in [5.41, 5.74) is 0. The minimum atomic E-state index is 0.362. The standard InChI is InChI=1S/C12H25NO/c1-2-12-8-7-10-13(12)9-5-3-4-6-11-14/h12,14H,2-11H2,1H3. The fraction of sp³-hybridized carbons (Fsp3) is 1.00. The molecule has 1 unspecified atom stereocenters. The van der Waals surface area contributed by atoms with Crippen LogP contribution >= 0.6 is 0 Å². The number of rotatable bonds is 7. The fourth-order valence-electron chi connectivity index (χ4n) is 2.43. The highest BCUT2D eigenvalue weighted by atomic mass is 16.2. The van der Waals surface area contributed by atoms with Crippen molar-refractivity contribution < 1.29 is 5.11 Å². The number of hydrogen-bond donors (Lipinski definition) is 1. The molecule has 1 fully saturated rings. The van der Waals surface area contributed by atoms with Crippen LogP contribution in [0.5, 0.6) is 0 Å². The third-order valence-electron chi connectivity index (χ3n) is 3.32. The molecule has 84 valence electrons. The molecule has 2 heteroatoms. The Kier molecular flexibility index (Phi) is 6.20. The summed E-state index contributed by atoms with van der Waals surface area (Å²) in [6, 6.07) is 0.868. The van der Waals surface area contributed by atoms with Gasteiger partial charge in [-0.1, -0.05) is 19.8 Å². The number of aliphatic hydroxyl groups excluding tert-OH is 1. The molecule has 0 aliphatic carbocycles. The van der Waals surface area contributed by atoms with Crippen LogP contribution in [-0.2, 0) is 0 Å². The zero-order chi connectivity index (χ0) is 10.2. The van der Waals surface area contributed by atoms with Gasteiger partial charge < -0.3 is 10.0 Å². The molecule has 1 heterocycles. The average molecular weight is 199 g/mol. The van der Waals surface area contributed by atoms with E-state index in [4.69, 9.17) is 5.11 Å². The summed E-state index contributed by atoms with van der Waals surface area (Å²) in [5, 5.41) is 8.65. The Hall–Kier alpha value is -0.0800. The van der Waals surface area contributed by atoms with Gasteiger partial charge in [0.25, 0.3) is 0 Å². The van der Waals surface area contributed by atoms with E-state index in [1.165, 1.54) is 51.6 Å². The summed E-state index contributed by atoms with van der Waals surface area (Å²) in [6.45, 7) is 5.26. The van der Waals surface area contributed by atoms with E-state index in [0.717, 1.165) is 12.5 Å².